The summed E-state index contributed by atoms with van der Waals surface area (Å²) in [6, 6.07) is 0.237. The third-order valence-corrected chi connectivity index (χ3v) is 3.66. The van der Waals surface area contributed by atoms with E-state index in [-0.39, 0.29) is 17.9 Å². The highest BCUT2D eigenvalue weighted by molar-refractivity contribution is 6.00. The summed E-state index contributed by atoms with van der Waals surface area (Å²) in [7, 11) is 1.58. The first-order valence-electron chi connectivity index (χ1n) is 6.45. The number of rotatable bonds is 2. The van der Waals surface area contributed by atoms with Gasteiger partial charge in [0.05, 0.1) is 6.04 Å². The monoisotopic (exact) mass is 239 g/mol. The van der Waals surface area contributed by atoms with Crippen LogP contribution in [0.3, 0.4) is 0 Å². The van der Waals surface area contributed by atoms with E-state index in [4.69, 9.17) is 0 Å². The van der Waals surface area contributed by atoms with Gasteiger partial charge >= 0.3 is 0 Å². The summed E-state index contributed by atoms with van der Waals surface area (Å²) in [5, 5.41) is 6.77. The average Bonchev–Trinajstić information content (AvgIpc) is 2.59. The van der Waals surface area contributed by atoms with Crippen molar-refractivity contribution in [1.82, 2.24) is 15.5 Å². The van der Waals surface area contributed by atoms with Gasteiger partial charge in [-0.1, -0.05) is 0 Å². The van der Waals surface area contributed by atoms with E-state index in [0.29, 0.717) is 18.9 Å². The van der Waals surface area contributed by atoms with Crippen LogP contribution in [0.1, 0.15) is 32.1 Å². The molecule has 2 unspecified atom stereocenters. The maximum atomic E-state index is 11.9. The lowest BCUT2D eigenvalue weighted by molar-refractivity contribution is -0.148. The smallest absolute Gasteiger partial charge is 0.246 e. The van der Waals surface area contributed by atoms with Crippen LogP contribution in [-0.2, 0) is 9.59 Å². The molecule has 0 radical (unpaired) electrons. The van der Waals surface area contributed by atoms with Crippen molar-refractivity contribution < 1.29 is 9.59 Å². The summed E-state index contributed by atoms with van der Waals surface area (Å²) < 4.78 is 0. The predicted octanol–water partition coefficient (Wildman–Crippen LogP) is -0.134. The third kappa shape index (κ3) is 3.04. The van der Waals surface area contributed by atoms with E-state index in [9.17, 15) is 9.59 Å². The van der Waals surface area contributed by atoms with Gasteiger partial charge in [0.1, 0.15) is 0 Å². The number of likely N-dealkylation sites (N-methyl/N-ethyl adjacent to an activating group) is 1. The Morgan fingerprint density at radius 3 is 2.88 bits per heavy atom. The van der Waals surface area contributed by atoms with Crippen LogP contribution in [0.25, 0.3) is 0 Å². The minimum Gasteiger partial charge on any atom is -0.317 e. The Morgan fingerprint density at radius 1 is 1.24 bits per heavy atom. The molecule has 0 bridgehead atoms. The average molecular weight is 239 g/mol. The molecule has 5 heteroatoms. The van der Waals surface area contributed by atoms with E-state index in [1.807, 2.05) is 0 Å². The zero-order chi connectivity index (χ0) is 12.3. The van der Waals surface area contributed by atoms with Crippen molar-refractivity contribution in [2.45, 2.75) is 44.2 Å². The lowest BCUT2D eigenvalue weighted by Crippen LogP contribution is -2.54. The van der Waals surface area contributed by atoms with Gasteiger partial charge in [-0.15, -0.1) is 0 Å². The highest BCUT2D eigenvalue weighted by Crippen LogP contribution is 2.14. The van der Waals surface area contributed by atoms with Crippen molar-refractivity contribution in [3.63, 3.8) is 0 Å². The van der Waals surface area contributed by atoms with Gasteiger partial charge in [-0.05, 0) is 38.8 Å². The molecule has 0 aromatic rings. The first kappa shape index (κ1) is 12.5. The second-order valence-electron chi connectivity index (χ2n) is 4.93. The van der Waals surface area contributed by atoms with Crippen molar-refractivity contribution >= 4 is 11.8 Å². The highest BCUT2D eigenvalue weighted by Gasteiger charge is 2.32. The zero-order valence-corrected chi connectivity index (χ0v) is 10.4. The molecule has 2 aliphatic heterocycles. The number of carbonyl (C=O) groups excluding carboxylic acids is 2. The lowest BCUT2D eigenvalue weighted by Gasteiger charge is -2.31. The van der Waals surface area contributed by atoms with Crippen LogP contribution in [0.4, 0.5) is 0 Å². The Labute approximate surface area is 102 Å². The number of amides is 2. The van der Waals surface area contributed by atoms with Gasteiger partial charge < -0.3 is 10.6 Å². The number of hydrogen-bond donors (Lipinski definition) is 2. The number of carbonyl (C=O) groups is 2. The molecule has 2 atom stereocenters. The Bertz CT molecular complexity index is 298. The van der Waals surface area contributed by atoms with Crippen LogP contribution in [0, 0.1) is 0 Å². The highest BCUT2D eigenvalue weighted by atomic mass is 16.2. The van der Waals surface area contributed by atoms with Gasteiger partial charge in [-0.2, -0.15) is 0 Å². The molecule has 0 spiro atoms. The van der Waals surface area contributed by atoms with Crippen molar-refractivity contribution in [3.8, 4) is 0 Å². The minimum absolute atomic E-state index is 0.0596. The van der Waals surface area contributed by atoms with Crippen LogP contribution < -0.4 is 10.6 Å². The fourth-order valence-electron chi connectivity index (χ4n) is 2.54. The topological polar surface area (TPSA) is 61.4 Å². The molecule has 0 aliphatic carbocycles. The maximum Gasteiger partial charge on any atom is 0.246 e. The Hall–Kier alpha value is -0.940. The van der Waals surface area contributed by atoms with E-state index in [1.54, 1.807) is 7.05 Å². The molecular weight excluding hydrogens is 218 g/mol. The number of imide groups is 1. The van der Waals surface area contributed by atoms with Gasteiger partial charge in [0, 0.05) is 19.5 Å². The molecule has 2 saturated heterocycles. The molecule has 5 nitrogen and oxygen atoms in total. The second kappa shape index (κ2) is 5.60. The first-order chi connectivity index (χ1) is 8.18. The van der Waals surface area contributed by atoms with E-state index in [2.05, 4.69) is 10.6 Å². The Balaban J connectivity index is 1.89. The number of hydrogen-bond acceptors (Lipinski definition) is 4. The van der Waals surface area contributed by atoms with Gasteiger partial charge in [-0.3, -0.25) is 14.5 Å². The minimum atomic E-state index is -0.166. The number of likely N-dealkylation sites (tertiary alicyclic amines) is 1. The van der Waals surface area contributed by atoms with Crippen LogP contribution in [0.5, 0.6) is 0 Å². The van der Waals surface area contributed by atoms with Crippen LogP contribution >= 0.6 is 0 Å². The largest absolute Gasteiger partial charge is 0.317 e. The molecule has 2 fully saturated rings. The lowest BCUT2D eigenvalue weighted by atomic mass is 10.0. The molecule has 17 heavy (non-hydrogen) atoms. The van der Waals surface area contributed by atoms with Crippen molar-refractivity contribution in [1.29, 1.82) is 0 Å². The number of nitrogens with one attached hydrogen (secondary N) is 2. The first-order valence-corrected chi connectivity index (χ1v) is 6.45. The van der Waals surface area contributed by atoms with Crippen molar-refractivity contribution in [3.05, 3.63) is 0 Å². The number of nitrogens with zero attached hydrogens (tertiary/aromatic N) is 1. The fraction of sp³-hybridized carbons (Fsp3) is 0.833. The summed E-state index contributed by atoms with van der Waals surface area (Å²) in [4.78, 5) is 24.5. The molecule has 2 heterocycles. The maximum absolute atomic E-state index is 11.9. The molecule has 2 N–H and O–H groups in total. The summed E-state index contributed by atoms with van der Waals surface area (Å²) >= 11 is 0. The van der Waals surface area contributed by atoms with E-state index < -0.39 is 0 Å². The quantitative estimate of drug-likeness (QED) is 0.659. The molecular formula is C12H21N3O2. The van der Waals surface area contributed by atoms with Crippen LogP contribution in [-0.4, -0.2) is 48.9 Å². The van der Waals surface area contributed by atoms with E-state index in [1.165, 1.54) is 4.90 Å². The molecule has 0 aromatic heterocycles. The Morgan fingerprint density at radius 2 is 2.06 bits per heavy atom. The van der Waals surface area contributed by atoms with Gasteiger partial charge in [0.25, 0.3) is 0 Å². The van der Waals surface area contributed by atoms with Gasteiger partial charge in [-0.25, -0.2) is 0 Å². The summed E-state index contributed by atoms with van der Waals surface area (Å²) in [5.74, 6) is -0.131. The van der Waals surface area contributed by atoms with Crippen molar-refractivity contribution in [2.24, 2.45) is 0 Å². The molecule has 0 saturated carbocycles. The summed E-state index contributed by atoms with van der Waals surface area (Å²) in [6.07, 6.45) is 4.43. The normalized spacial score (nSPS) is 31.5. The zero-order valence-electron chi connectivity index (χ0n) is 10.4. The van der Waals surface area contributed by atoms with Gasteiger partial charge in [0.2, 0.25) is 11.8 Å². The molecule has 2 rings (SSSR count). The Kier molecular flexibility index (Phi) is 4.12. The summed E-state index contributed by atoms with van der Waals surface area (Å²) in [6.45, 7) is 2.07. The SMILES string of the molecule is CN1C(=O)CCC(NC2CCCNCC2)C1=O. The van der Waals surface area contributed by atoms with Crippen LogP contribution in [0.15, 0.2) is 0 Å². The fourth-order valence-corrected chi connectivity index (χ4v) is 2.54. The number of piperidine rings is 1. The van der Waals surface area contributed by atoms with Gasteiger partial charge in [0.15, 0.2) is 0 Å². The summed E-state index contributed by atoms with van der Waals surface area (Å²) in [5.41, 5.74) is 0. The molecule has 96 valence electrons. The van der Waals surface area contributed by atoms with E-state index in [0.717, 1.165) is 32.4 Å². The molecule has 2 amide bonds. The van der Waals surface area contributed by atoms with Crippen LogP contribution in [0.2, 0.25) is 0 Å². The molecule has 2 aliphatic rings. The second-order valence-corrected chi connectivity index (χ2v) is 4.93. The standard InChI is InChI=1S/C12H21N3O2/c1-15-11(16)5-4-10(12(15)17)14-9-3-2-7-13-8-6-9/h9-10,13-14H,2-8H2,1H3. The predicted molar refractivity (Wildman–Crippen MR) is 64.4 cm³/mol. The third-order valence-electron chi connectivity index (χ3n) is 3.66. The van der Waals surface area contributed by atoms with E-state index >= 15 is 0 Å². The molecule has 0 aromatic carbocycles. The van der Waals surface area contributed by atoms with Crippen molar-refractivity contribution in [2.75, 3.05) is 20.1 Å².